The first kappa shape index (κ1) is 13.6. The van der Waals surface area contributed by atoms with Gasteiger partial charge in [0.15, 0.2) is 11.8 Å². The Morgan fingerprint density at radius 2 is 1.20 bits per heavy atom. The molecule has 4 atom stereocenters. The highest BCUT2D eigenvalue weighted by Gasteiger charge is 2.42. The number of fused-ring (bicyclic) bond motifs is 6. The van der Waals surface area contributed by atoms with Crippen LogP contribution in [0.1, 0.15) is 40.8 Å². The summed E-state index contributed by atoms with van der Waals surface area (Å²) in [6.07, 6.45) is 2.76. The van der Waals surface area contributed by atoms with Crippen molar-refractivity contribution in [3.63, 3.8) is 0 Å². The van der Waals surface area contributed by atoms with Crippen LogP contribution >= 0.6 is 0 Å². The average Bonchev–Trinajstić information content (AvgIpc) is 3.33. The van der Waals surface area contributed by atoms with Crippen LogP contribution in [-0.4, -0.2) is 24.0 Å². The Balaban J connectivity index is 1.23. The zero-order valence-electron chi connectivity index (χ0n) is 13.8. The summed E-state index contributed by atoms with van der Waals surface area (Å²) < 4.78 is 12.2. The smallest absolute Gasteiger partial charge is 0.193 e. The van der Waals surface area contributed by atoms with Gasteiger partial charge in [0.05, 0.1) is 6.42 Å². The van der Waals surface area contributed by atoms with E-state index >= 15 is 0 Å². The van der Waals surface area contributed by atoms with Crippen molar-refractivity contribution in [2.45, 2.75) is 43.6 Å². The second-order valence-electron chi connectivity index (χ2n) is 7.23. The van der Waals surface area contributed by atoms with Crippen LogP contribution in [0.4, 0.5) is 0 Å². The largest absolute Gasteiger partial charge is 0.474 e. The zero-order chi connectivity index (χ0) is 16.4. The first-order valence-corrected chi connectivity index (χ1v) is 8.97. The minimum absolute atomic E-state index is 0.147. The minimum atomic E-state index is 0.147. The number of rotatable bonds is 2. The highest BCUT2D eigenvalue weighted by Crippen LogP contribution is 2.42. The van der Waals surface area contributed by atoms with Gasteiger partial charge in [-0.3, -0.25) is 0 Å². The number of aliphatic imine (C=N–C) groups is 2. The molecule has 4 heteroatoms. The lowest BCUT2D eigenvalue weighted by atomic mass is 10.1. The first-order valence-electron chi connectivity index (χ1n) is 8.97. The Labute approximate surface area is 146 Å². The third-order valence-corrected chi connectivity index (χ3v) is 5.74. The van der Waals surface area contributed by atoms with Gasteiger partial charge in [-0.1, -0.05) is 48.5 Å². The molecule has 0 saturated carbocycles. The lowest BCUT2D eigenvalue weighted by Gasteiger charge is -2.10. The van der Waals surface area contributed by atoms with Gasteiger partial charge in [0.25, 0.3) is 0 Å². The molecule has 2 aromatic carbocycles. The van der Waals surface area contributed by atoms with Crippen molar-refractivity contribution >= 4 is 11.8 Å². The monoisotopic (exact) mass is 330 g/mol. The summed E-state index contributed by atoms with van der Waals surface area (Å²) in [4.78, 5) is 9.65. The third-order valence-electron chi connectivity index (χ3n) is 5.74. The van der Waals surface area contributed by atoms with E-state index < -0.39 is 0 Å². The van der Waals surface area contributed by atoms with Crippen LogP contribution in [0.3, 0.4) is 0 Å². The van der Waals surface area contributed by atoms with E-state index in [1.807, 2.05) is 0 Å². The quantitative estimate of drug-likeness (QED) is 0.845. The van der Waals surface area contributed by atoms with Gasteiger partial charge in [0.2, 0.25) is 0 Å². The maximum Gasteiger partial charge on any atom is 0.193 e. The molecule has 4 aliphatic rings. The summed E-state index contributed by atoms with van der Waals surface area (Å²) in [5.41, 5.74) is 5.34. The minimum Gasteiger partial charge on any atom is -0.474 e. The van der Waals surface area contributed by atoms with Gasteiger partial charge in [0.1, 0.15) is 24.3 Å². The first-order chi connectivity index (χ1) is 12.3. The van der Waals surface area contributed by atoms with Crippen LogP contribution in [0.2, 0.25) is 0 Å². The molecule has 2 aliphatic carbocycles. The summed E-state index contributed by atoms with van der Waals surface area (Å²) >= 11 is 0. The van der Waals surface area contributed by atoms with Crippen molar-refractivity contribution in [1.29, 1.82) is 0 Å². The predicted octanol–water partition coefficient (Wildman–Crippen LogP) is 3.57. The molecule has 2 aliphatic heterocycles. The highest BCUT2D eigenvalue weighted by molar-refractivity contribution is 5.98. The fourth-order valence-corrected chi connectivity index (χ4v) is 4.62. The van der Waals surface area contributed by atoms with E-state index in [1.165, 1.54) is 22.3 Å². The van der Waals surface area contributed by atoms with Crippen LogP contribution in [0, 0.1) is 0 Å². The molecule has 0 unspecified atom stereocenters. The lowest BCUT2D eigenvalue weighted by molar-refractivity contribution is 0.192. The standard InChI is InChI=1S/C21H18N2O2/c1-3-7-14-12(5-1)9-16-20(14)22-18(24-16)11-19-23-21-15-8-4-2-6-13(15)10-17(21)25-19/h1-8,16-17,20-21H,9-11H2/t16-,17+,20-,21-/m0/s1. The van der Waals surface area contributed by atoms with Gasteiger partial charge < -0.3 is 9.47 Å². The molecule has 0 radical (unpaired) electrons. The summed E-state index contributed by atoms with van der Waals surface area (Å²) in [7, 11) is 0. The van der Waals surface area contributed by atoms with E-state index in [0.717, 1.165) is 24.6 Å². The van der Waals surface area contributed by atoms with Gasteiger partial charge in [-0.2, -0.15) is 0 Å². The fourth-order valence-electron chi connectivity index (χ4n) is 4.62. The molecule has 0 saturated heterocycles. The molecule has 2 heterocycles. The van der Waals surface area contributed by atoms with Crippen molar-refractivity contribution in [2.75, 3.05) is 0 Å². The topological polar surface area (TPSA) is 43.2 Å². The van der Waals surface area contributed by atoms with E-state index in [4.69, 9.17) is 19.5 Å². The molecule has 25 heavy (non-hydrogen) atoms. The van der Waals surface area contributed by atoms with Crippen LogP contribution < -0.4 is 0 Å². The molecule has 6 rings (SSSR count). The Morgan fingerprint density at radius 1 is 0.720 bits per heavy atom. The maximum atomic E-state index is 6.11. The Bertz CT molecular complexity index is 857. The van der Waals surface area contributed by atoms with Gasteiger partial charge in [-0.05, 0) is 22.3 Å². The molecular formula is C21H18N2O2. The van der Waals surface area contributed by atoms with Crippen LogP contribution in [0.15, 0.2) is 58.5 Å². The Morgan fingerprint density at radius 3 is 1.72 bits per heavy atom. The van der Waals surface area contributed by atoms with Gasteiger partial charge in [-0.15, -0.1) is 0 Å². The number of hydrogen-bond donors (Lipinski definition) is 0. The van der Waals surface area contributed by atoms with E-state index in [1.54, 1.807) is 0 Å². The molecular weight excluding hydrogens is 312 g/mol. The summed E-state index contributed by atoms with van der Waals surface area (Å²) in [6, 6.07) is 17.3. The Kier molecular flexibility index (Phi) is 2.70. The van der Waals surface area contributed by atoms with Crippen molar-refractivity contribution in [1.82, 2.24) is 0 Å². The summed E-state index contributed by atoms with van der Waals surface area (Å²) in [5.74, 6) is 1.55. The molecule has 0 fully saturated rings. The van der Waals surface area contributed by atoms with Crippen LogP contribution in [0.25, 0.3) is 0 Å². The van der Waals surface area contributed by atoms with Crippen LogP contribution in [-0.2, 0) is 22.3 Å². The van der Waals surface area contributed by atoms with Gasteiger partial charge in [0, 0.05) is 12.8 Å². The molecule has 0 spiro atoms. The molecule has 0 amide bonds. The van der Waals surface area contributed by atoms with E-state index in [9.17, 15) is 0 Å². The van der Waals surface area contributed by atoms with Crippen molar-refractivity contribution < 1.29 is 9.47 Å². The summed E-state index contributed by atoms with van der Waals surface area (Å²) in [6.45, 7) is 0. The second kappa shape index (κ2) is 4.94. The Hall–Kier alpha value is -2.62. The van der Waals surface area contributed by atoms with Crippen molar-refractivity contribution in [2.24, 2.45) is 9.98 Å². The predicted molar refractivity (Wildman–Crippen MR) is 95.0 cm³/mol. The zero-order valence-corrected chi connectivity index (χ0v) is 13.8. The van der Waals surface area contributed by atoms with Crippen molar-refractivity contribution in [3.8, 4) is 0 Å². The second-order valence-corrected chi connectivity index (χ2v) is 7.23. The third kappa shape index (κ3) is 2.00. The number of ether oxygens (including phenoxy) is 2. The van der Waals surface area contributed by atoms with E-state index in [0.29, 0.717) is 6.42 Å². The maximum absolute atomic E-state index is 6.11. The number of nitrogens with zero attached hydrogens (tertiary/aromatic N) is 2. The normalized spacial score (nSPS) is 30.6. The number of hydrogen-bond acceptors (Lipinski definition) is 4. The lowest BCUT2D eigenvalue weighted by Crippen LogP contribution is -2.17. The van der Waals surface area contributed by atoms with Gasteiger partial charge >= 0.3 is 0 Å². The van der Waals surface area contributed by atoms with Crippen LogP contribution in [0.5, 0.6) is 0 Å². The molecule has 0 aromatic heterocycles. The molecule has 0 bridgehead atoms. The summed E-state index contributed by atoms with van der Waals surface area (Å²) in [5, 5.41) is 0. The van der Waals surface area contributed by atoms with Crippen molar-refractivity contribution in [3.05, 3.63) is 70.8 Å². The number of benzene rings is 2. The molecule has 2 aromatic rings. The average molecular weight is 330 g/mol. The highest BCUT2D eigenvalue weighted by atomic mass is 16.5. The molecule has 0 N–H and O–H groups in total. The SMILES string of the molecule is c1ccc2c(c1)C[C@@H]1OC(CC3=N[C@H]4c5ccccc5C[C@H]4O3)=N[C@@H]21. The van der Waals surface area contributed by atoms with E-state index in [2.05, 4.69) is 48.5 Å². The fraction of sp³-hybridized carbons (Fsp3) is 0.333. The molecule has 4 nitrogen and oxygen atoms in total. The van der Waals surface area contributed by atoms with Gasteiger partial charge in [-0.25, -0.2) is 9.98 Å². The van der Waals surface area contributed by atoms with E-state index in [-0.39, 0.29) is 24.3 Å². The molecule has 124 valence electrons.